The van der Waals surface area contributed by atoms with Gasteiger partial charge in [-0.15, -0.1) is 0 Å². The fourth-order valence-corrected chi connectivity index (χ4v) is 5.81. The van der Waals surface area contributed by atoms with Crippen LogP contribution in [0.1, 0.15) is 36.6 Å². The molecule has 2 N–H and O–H groups in total. The highest BCUT2D eigenvalue weighted by Gasteiger charge is 2.33. The Bertz CT molecular complexity index is 1370. The smallest absolute Gasteiger partial charge is 0.244 e. The van der Waals surface area contributed by atoms with Crippen LogP contribution in [0.2, 0.25) is 15.1 Å². The van der Waals surface area contributed by atoms with Crippen molar-refractivity contribution in [1.82, 2.24) is 10.1 Å². The number of nitrogens with one attached hydrogen (secondary N) is 2. The number of hydrazone groups is 1. The Balaban J connectivity index is 1.66. The molecule has 3 aromatic carbocycles. The summed E-state index contributed by atoms with van der Waals surface area (Å²) in [6.45, 7) is 2.47. The van der Waals surface area contributed by atoms with E-state index in [9.17, 15) is 12.8 Å². The number of nitrogens with zero attached hydrogens (tertiary/aromatic N) is 1. The third-order valence-corrected chi connectivity index (χ3v) is 7.75. The van der Waals surface area contributed by atoms with E-state index >= 15 is 0 Å². The highest BCUT2D eigenvalue weighted by atomic mass is 35.5. The van der Waals surface area contributed by atoms with E-state index in [1.807, 2.05) is 31.2 Å². The van der Waals surface area contributed by atoms with Gasteiger partial charge in [-0.25, -0.2) is 12.8 Å². The summed E-state index contributed by atoms with van der Waals surface area (Å²) in [6.07, 6.45) is 0.373. The summed E-state index contributed by atoms with van der Waals surface area (Å²) >= 11 is 18.3. The van der Waals surface area contributed by atoms with Gasteiger partial charge in [0.1, 0.15) is 10.6 Å². The second-order valence-electron chi connectivity index (χ2n) is 7.76. The normalized spacial score (nSPS) is 16.5. The molecule has 1 aliphatic heterocycles. The summed E-state index contributed by atoms with van der Waals surface area (Å²) < 4.78 is 49.0. The molecule has 0 amide bonds. The molecule has 1 aliphatic rings. The molecule has 0 spiro atoms. The molecule has 2 unspecified atom stereocenters. The highest BCUT2D eigenvalue weighted by Crippen LogP contribution is 2.34. The maximum absolute atomic E-state index is 14.6. The highest BCUT2D eigenvalue weighted by molar-refractivity contribution is 7.89. The Hall–Kier alpha value is -2.36. The first-order chi connectivity index (χ1) is 16.7. The van der Waals surface area contributed by atoms with Crippen LogP contribution in [0.15, 0.2) is 70.7 Å². The van der Waals surface area contributed by atoms with Gasteiger partial charge in [-0.2, -0.15) is 9.82 Å². The van der Waals surface area contributed by atoms with Crippen LogP contribution in [0.3, 0.4) is 0 Å². The molecule has 6 nitrogen and oxygen atoms in total. The van der Waals surface area contributed by atoms with Crippen LogP contribution in [0.5, 0.6) is 5.75 Å². The molecule has 1 heterocycles. The van der Waals surface area contributed by atoms with Gasteiger partial charge >= 0.3 is 0 Å². The summed E-state index contributed by atoms with van der Waals surface area (Å²) in [7, 11) is -4.35. The van der Waals surface area contributed by atoms with Crippen molar-refractivity contribution in [3.05, 3.63) is 92.7 Å². The lowest BCUT2D eigenvalue weighted by Crippen LogP contribution is -2.34. The lowest BCUT2D eigenvalue weighted by Gasteiger charge is -2.21. The van der Waals surface area contributed by atoms with Crippen LogP contribution in [-0.4, -0.2) is 20.7 Å². The van der Waals surface area contributed by atoms with E-state index in [2.05, 4.69) is 15.2 Å². The average Bonchev–Trinajstić information content (AvgIpc) is 3.30. The predicted octanol–water partition coefficient (Wildman–Crippen LogP) is 6.29. The first-order valence-corrected chi connectivity index (χ1v) is 13.3. The molecule has 0 saturated heterocycles. The maximum atomic E-state index is 14.6. The van der Waals surface area contributed by atoms with Crippen LogP contribution in [-0.2, 0) is 10.0 Å². The fourth-order valence-electron chi connectivity index (χ4n) is 3.76. The zero-order chi connectivity index (χ0) is 25.2. The lowest BCUT2D eigenvalue weighted by atomic mass is 9.96. The minimum atomic E-state index is -4.35. The van der Waals surface area contributed by atoms with Crippen LogP contribution >= 0.6 is 34.8 Å². The third kappa shape index (κ3) is 5.73. The molecule has 184 valence electrons. The largest absolute Gasteiger partial charge is 0.494 e. The SMILES string of the molecule is CCOc1ccc(C2CC(C(NS(=O)(=O)c3cccc(Cl)c3F)c3ccc(Cl)cc3Cl)=NN2)cc1. The molecular weight excluding hydrogens is 536 g/mol. The van der Waals surface area contributed by atoms with Gasteiger partial charge in [0.2, 0.25) is 10.0 Å². The van der Waals surface area contributed by atoms with Crippen molar-refractivity contribution in [1.29, 1.82) is 0 Å². The summed E-state index contributed by atoms with van der Waals surface area (Å²) in [5.41, 5.74) is 4.89. The molecule has 2 atom stereocenters. The summed E-state index contributed by atoms with van der Waals surface area (Å²) in [5.74, 6) is -0.293. The number of ether oxygens (including phenoxy) is 1. The predicted molar refractivity (Wildman–Crippen MR) is 136 cm³/mol. The Morgan fingerprint density at radius 1 is 1.11 bits per heavy atom. The molecule has 0 aromatic heterocycles. The van der Waals surface area contributed by atoms with E-state index in [0.717, 1.165) is 17.4 Å². The van der Waals surface area contributed by atoms with Crippen molar-refractivity contribution >= 4 is 50.5 Å². The van der Waals surface area contributed by atoms with Gasteiger partial charge in [-0.3, -0.25) is 0 Å². The maximum Gasteiger partial charge on any atom is 0.244 e. The van der Waals surface area contributed by atoms with Crippen LogP contribution < -0.4 is 14.9 Å². The lowest BCUT2D eigenvalue weighted by molar-refractivity contribution is 0.340. The number of benzene rings is 3. The van der Waals surface area contributed by atoms with E-state index < -0.39 is 26.8 Å². The number of hydrogen-bond donors (Lipinski definition) is 2. The molecule has 0 bridgehead atoms. The number of sulfonamides is 1. The van der Waals surface area contributed by atoms with Crippen molar-refractivity contribution in [2.75, 3.05) is 6.61 Å². The van der Waals surface area contributed by atoms with Crippen molar-refractivity contribution in [3.8, 4) is 5.75 Å². The van der Waals surface area contributed by atoms with E-state index in [-0.39, 0.29) is 16.1 Å². The van der Waals surface area contributed by atoms with Crippen molar-refractivity contribution in [2.45, 2.75) is 30.3 Å². The van der Waals surface area contributed by atoms with Gasteiger partial charge in [0, 0.05) is 16.5 Å². The summed E-state index contributed by atoms with van der Waals surface area (Å²) in [5, 5.41) is 4.73. The van der Waals surface area contributed by atoms with Gasteiger partial charge in [0.25, 0.3) is 0 Å². The van der Waals surface area contributed by atoms with E-state index in [0.29, 0.717) is 29.3 Å². The Labute approximate surface area is 218 Å². The fraction of sp³-hybridized carbons (Fsp3) is 0.208. The zero-order valence-corrected chi connectivity index (χ0v) is 21.5. The Morgan fingerprint density at radius 3 is 2.54 bits per heavy atom. The third-order valence-electron chi connectivity index (χ3n) is 5.46. The molecule has 35 heavy (non-hydrogen) atoms. The number of hydrogen-bond acceptors (Lipinski definition) is 5. The molecule has 0 radical (unpaired) electrons. The topological polar surface area (TPSA) is 79.8 Å². The van der Waals surface area contributed by atoms with E-state index in [1.54, 1.807) is 12.1 Å². The van der Waals surface area contributed by atoms with Crippen molar-refractivity contribution in [2.24, 2.45) is 5.10 Å². The Morgan fingerprint density at radius 2 is 1.86 bits per heavy atom. The number of halogens is 4. The van der Waals surface area contributed by atoms with E-state index in [1.165, 1.54) is 18.2 Å². The minimum absolute atomic E-state index is 0.207. The second kappa shape index (κ2) is 10.7. The molecule has 3 aromatic rings. The second-order valence-corrected chi connectivity index (χ2v) is 10.7. The first kappa shape index (κ1) is 25.7. The number of rotatable bonds is 8. The monoisotopic (exact) mass is 555 g/mol. The van der Waals surface area contributed by atoms with Crippen LogP contribution in [0.25, 0.3) is 0 Å². The molecular formula is C24H21Cl3FN3O3S. The molecule has 0 aliphatic carbocycles. The molecule has 0 saturated carbocycles. The van der Waals surface area contributed by atoms with Gasteiger partial charge < -0.3 is 10.2 Å². The molecule has 4 rings (SSSR count). The van der Waals surface area contributed by atoms with Crippen LogP contribution in [0, 0.1) is 5.82 Å². The van der Waals surface area contributed by atoms with Gasteiger partial charge in [0.05, 0.1) is 29.4 Å². The average molecular weight is 557 g/mol. The van der Waals surface area contributed by atoms with Gasteiger partial charge in [0.15, 0.2) is 5.82 Å². The molecule has 11 heteroatoms. The van der Waals surface area contributed by atoms with Gasteiger partial charge in [-0.05, 0) is 54.4 Å². The van der Waals surface area contributed by atoms with Crippen molar-refractivity contribution < 1.29 is 17.5 Å². The summed E-state index contributed by atoms with van der Waals surface area (Å²) in [6, 6.07) is 14.8. The zero-order valence-electron chi connectivity index (χ0n) is 18.4. The van der Waals surface area contributed by atoms with Crippen molar-refractivity contribution in [3.63, 3.8) is 0 Å². The summed E-state index contributed by atoms with van der Waals surface area (Å²) in [4.78, 5) is -0.574. The van der Waals surface area contributed by atoms with E-state index in [4.69, 9.17) is 39.5 Å². The Kier molecular flexibility index (Phi) is 7.88. The van der Waals surface area contributed by atoms with Gasteiger partial charge in [-0.1, -0.05) is 59.1 Å². The van der Waals surface area contributed by atoms with Crippen LogP contribution in [0.4, 0.5) is 4.39 Å². The first-order valence-electron chi connectivity index (χ1n) is 10.7. The minimum Gasteiger partial charge on any atom is -0.494 e. The molecule has 0 fully saturated rings. The standard InChI is InChI=1S/C24H21Cl3FN3O3S/c1-2-34-16-9-6-14(7-10-16)20-13-21(30-29-20)24(17-11-8-15(25)12-19(17)27)31-35(32,33)22-5-3-4-18(26)23(22)28/h3-12,20,24,29,31H,2,13H2,1H3. The quantitative estimate of drug-likeness (QED) is 0.341.